The van der Waals surface area contributed by atoms with Crippen molar-refractivity contribution in [3.8, 4) is 0 Å². The number of ether oxygens (including phenoxy) is 1. The number of methoxy groups -OCH3 is 1. The highest BCUT2D eigenvalue weighted by Crippen LogP contribution is 2.24. The molecule has 23 heavy (non-hydrogen) atoms. The normalized spacial score (nSPS) is 11.3. The largest absolute Gasteiger partial charge is 0.406 e. The number of para-hydroxylation sites is 1. The molecular formula is C17H16F3NO2. The van der Waals surface area contributed by atoms with Gasteiger partial charge in [-0.2, -0.15) is 13.2 Å². The zero-order chi connectivity index (χ0) is 16.9. The minimum atomic E-state index is -4.48. The van der Waals surface area contributed by atoms with Crippen LogP contribution in [0.25, 0.3) is 0 Å². The van der Waals surface area contributed by atoms with E-state index in [1.807, 2.05) is 0 Å². The molecule has 2 aromatic carbocycles. The first-order valence-electron chi connectivity index (χ1n) is 6.92. The molecule has 2 rings (SSSR count). The van der Waals surface area contributed by atoms with Gasteiger partial charge in [-0.05, 0) is 29.8 Å². The quantitative estimate of drug-likeness (QED) is 0.831. The lowest BCUT2D eigenvalue weighted by atomic mass is 10.1. The Bertz CT molecular complexity index is 639. The highest BCUT2D eigenvalue weighted by atomic mass is 19.4. The second-order valence-corrected chi connectivity index (χ2v) is 4.97. The molecule has 122 valence electrons. The molecule has 0 radical (unpaired) electrons. The molecule has 2 aromatic rings. The lowest BCUT2D eigenvalue weighted by molar-refractivity contribution is -0.118. The zero-order valence-corrected chi connectivity index (χ0v) is 12.5. The van der Waals surface area contributed by atoms with Gasteiger partial charge < -0.3 is 4.74 Å². The highest BCUT2D eigenvalue weighted by Gasteiger charge is 2.34. The van der Waals surface area contributed by atoms with Crippen LogP contribution in [0.5, 0.6) is 0 Å². The lowest BCUT2D eigenvalue weighted by Gasteiger charge is -2.24. The summed E-state index contributed by atoms with van der Waals surface area (Å²) in [6.45, 7) is -0.963. The fourth-order valence-electron chi connectivity index (χ4n) is 2.13. The van der Waals surface area contributed by atoms with Crippen LogP contribution in [0.2, 0.25) is 0 Å². The molecule has 0 N–H and O–H groups in total. The second-order valence-electron chi connectivity index (χ2n) is 4.97. The predicted molar refractivity (Wildman–Crippen MR) is 81.3 cm³/mol. The summed E-state index contributed by atoms with van der Waals surface area (Å²) in [6, 6.07) is 14.1. The number of halogens is 3. The van der Waals surface area contributed by atoms with Gasteiger partial charge in [0.05, 0.1) is 6.61 Å². The number of hydrogen-bond acceptors (Lipinski definition) is 2. The topological polar surface area (TPSA) is 29.5 Å². The van der Waals surface area contributed by atoms with Crippen LogP contribution in [-0.2, 0) is 11.3 Å². The third-order valence-corrected chi connectivity index (χ3v) is 3.16. The third-order valence-electron chi connectivity index (χ3n) is 3.16. The van der Waals surface area contributed by atoms with Gasteiger partial charge in [0.2, 0.25) is 0 Å². The average molecular weight is 323 g/mol. The Kier molecular flexibility index (Phi) is 5.39. The Morgan fingerprint density at radius 3 is 2.17 bits per heavy atom. The summed E-state index contributed by atoms with van der Waals surface area (Å²) in [6.07, 6.45) is -4.48. The van der Waals surface area contributed by atoms with Crippen molar-refractivity contribution < 1.29 is 22.7 Å². The number of hydrogen-bond donors (Lipinski definition) is 0. The van der Waals surface area contributed by atoms with Crippen LogP contribution in [0.15, 0.2) is 54.6 Å². The van der Waals surface area contributed by atoms with Gasteiger partial charge >= 0.3 is 6.18 Å². The molecule has 0 atom stereocenters. The number of rotatable bonds is 5. The summed E-state index contributed by atoms with van der Waals surface area (Å²) < 4.78 is 43.4. The fourth-order valence-corrected chi connectivity index (χ4v) is 2.13. The van der Waals surface area contributed by atoms with Crippen LogP contribution in [0.3, 0.4) is 0 Å². The fraction of sp³-hybridized carbons (Fsp3) is 0.235. The van der Waals surface area contributed by atoms with Crippen molar-refractivity contribution in [3.63, 3.8) is 0 Å². The van der Waals surface area contributed by atoms with Crippen LogP contribution < -0.4 is 4.90 Å². The monoisotopic (exact) mass is 323 g/mol. The van der Waals surface area contributed by atoms with Crippen LogP contribution in [0, 0.1) is 0 Å². The van der Waals surface area contributed by atoms with Crippen LogP contribution in [0.1, 0.15) is 15.9 Å². The van der Waals surface area contributed by atoms with Crippen molar-refractivity contribution in [2.75, 3.05) is 18.6 Å². The Morgan fingerprint density at radius 1 is 1.04 bits per heavy atom. The maximum Gasteiger partial charge on any atom is 0.406 e. The van der Waals surface area contributed by atoms with E-state index in [2.05, 4.69) is 0 Å². The first-order chi connectivity index (χ1) is 10.9. The van der Waals surface area contributed by atoms with E-state index in [1.54, 1.807) is 37.4 Å². The molecule has 0 saturated heterocycles. The molecule has 0 saturated carbocycles. The zero-order valence-electron chi connectivity index (χ0n) is 12.5. The van der Waals surface area contributed by atoms with Crippen LogP contribution in [-0.4, -0.2) is 25.7 Å². The maximum absolute atomic E-state index is 12.8. The minimum absolute atomic E-state index is 0.193. The first kappa shape index (κ1) is 17.0. The van der Waals surface area contributed by atoms with Gasteiger partial charge in [-0.25, -0.2) is 0 Å². The molecule has 6 heteroatoms. The number of carbonyl (C=O) groups excluding carboxylic acids is 1. The molecule has 0 heterocycles. The maximum atomic E-state index is 12.8. The van der Waals surface area contributed by atoms with Crippen molar-refractivity contribution in [1.82, 2.24) is 0 Å². The van der Waals surface area contributed by atoms with Crippen molar-refractivity contribution in [1.29, 1.82) is 0 Å². The Labute approximate surface area is 132 Å². The lowest BCUT2D eigenvalue weighted by Crippen LogP contribution is -2.39. The number of alkyl halides is 3. The van der Waals surface area contributed by atoms with Gasteiger partial charge in [-0.3, -0.25) is 9.69 Å². The Morgan fingerprint density at radius 2 is 1.65 bits per heavy atom. The van der Waals surface area contributed by atoms with Gasteiger partial charge in [0.15, 0.2) is 0 Å². The predicted octanol–water partition coefficient (Wildman–Crippen LogP) is 4.04. The smallest absolute Gasteiger partial charge is 0.380 e. The van der Waals surface area contributed by atoms with E-state index in [1.165, 1.54) is 24.3 Å². The van der Waals surface area contributed by atoms with Crippen molar-refractivity contribution in [3.05, 3.63) is 65.7 Å². The van der Waals surface area contributed by atoms with E-state index in [9.17, 15) is 18.0 Å². The van der Waals surface area contributed by atoms with E-state index in [0.717, 1.165) is 10.5 Å². The minimum Gasteiger partial charge on any atom is -0.380 e. The number of amides is 1. The van der Waals surface area contributed by atoms with E-state index < -0.39 is 18.6 Å². The Balaban J connectivity index is 2.29. The molecule has 0 aliphatic carbocycles. The molecular weight excluding hydrogens is 307 g/mol. The molecule has 0 aliphatic rings. The molecule has 0 spiro atoms. The van der Waals surface area contributed by atoms with Crippen molar-refractivity contribution in [2.45, 2.75) is 12.8 Å². The molecule has 0 fully saturated rings. The Hall–Kier alpha value is -2.34. The summed E-state index contributed by atoms with van der Waals surface area (Å²) in [5, 5.41) is 0. The standard InChI is InChI=1S/C17H16F3NO2/c1-23-11-13-7-9-14(10-8-13)16(22)21(12-17(18,19)20)15-5-3-2-4-6-15/h2-10H,11-12H2,1H3. The molecule has 1 amide bonds. The van der Waals surface area contributed by atoms with Gasteiger partial charge in [0.1, 0.15) is 6.54 Å². The number of anilines is 1. The van der Waals surface area contributed by atoms with E-state index in [4.69, 9.17) is 4.74 Å². The van der Waals surface area contributed by atoms with Gasteiger partial charge in [-0.1, -0.05) is 30.3 Å². The second kappa shape index (κ2) is 7.28. The van der Waals surface area contributed by atoms with Gasteiger partial charge in [-0.15, -0.1) is 0 Å². The molecule has 0 aliphatic heterocycles. The molecule has 0 unspecified atom stereocenters. The van der Waals surface area contributed by atoms with Crippen molar-refractivity contribution in [2.24, 2.45) is 0 Å². The summed E-state index contributed by atoms with van der Waals surface area (Å²) in [4.78, 5) is 13.2. The summed E-state index contributed by atoms with van der Waals surface area (Å²) in [5.41, 5.74) is 1.24. The van der Waals surface area contributed by atoms with Crippen molar-refractivity contribution >= 4 is 11.6 Å². The van der Waals surface area contributed by atoms with Crippen LogP contribution in [0.4, 0.5) is 18.9 Å². The van der Waals surface area contributed by atoms with E-state index in [0.29, 0.717) is 6.61 Å². The van der Waals surface area contributed by atoms with Gasteiger partial charge in [0.25, 0.3) is 5.91 Å². The van der Waals surface area contributed by atoms with Crippen LogP contribution >= 0.6 is 0 Å². The highest BCUT2D eigenvalue weighted by molar-refractivity contribution is 6.06. The SMILES string of the molecule is COCc1ccc(C(=O)N(CC(F)(F)F)c2ccccc2)cc1. The number of benzene rings is 2. The van der Waals surface area contributed by atoms with E-state index in [-0.39, 0.29) is 11.3 Å². The summed E-state index contributed by atoms with van der Waals surface area (Å²) in [5.74, 6) is -0.697. The number of carbonyl (C=O) groups is 1. The molecule has 0 bridgehead atoms. The van der Waals surface area contributed by atoms with Gasteiger partial charge in [0, 0.05) is 18.4 Å². The average Bonchev–Trinajstić information content (AvgIpc) is 2.53. The molecule has 3 nitrogen and oxygen atoms in total. The number of nitrogens with zero attached hydrogens (tertiary/aromatic N) is 1. The van der Waals surface area contributed by atoms with E-state index >= 15 is 0 Å². The summed E-state index contributed by atoms with van der Waals surface area (Å²) in [7, 11) is 1.54. The third kappa shape index (κ3) is 4.82. The molecule has 0 aromatic heterocycles. The first-order valence-corrected chi connectivity index (χ1v) is 6.92. The summed E-state index contributed by atoms with van der Waals surface area (Å²) >= 11 is 0.